The molecule has 0 bridgehead atoms. The number of nitrogens with one attached hydrogen (secondary N) is 1. The lowest BCUT2D eigenvalue weighted by atomic mass is 10.0. The van der Waals surface area contributed by atoms with Gasteiger partial charge in [-0.2, -0.15) is 0 Å². The van der Waals surface area contributed by atoms with Crippen molar-refractivity contribution in [3.05, 3.63) is 24.3 Å². The maximum absolute atomic E-state index is 12.5. The summed E-state index contributed by atoms with van der Waals surface area (Å²) in [6.45, 7) is 4.97. The summed E-state index contributed by atoms with van der Waals surface area (Å²) in [5.74, 6) is -0.0222. The molecule has 6 heteroatoms. The van der Waals surface area contributed by atoms with Gasteiger partial charge < -0.3 is 20.3 Å². The zero-order valence-corrected chi connectivity index (χ0v) is 49.4. The second-order valence-electron chi connectivity index (χ2n) is 22.8. The Kier molecular flexibility index (Phi) is 61.4. The van der Waals surface area contributed by atoms with Crippen LogP contribution in [-0.4, -0.2) is 47.4 Å². The lowest BCUT2D eigenvalue weighted by Crippen LogP contribution is -2.45. The normalized spacial score (nSPS) is 12.7. The molecule has 0 saturated heterocycles. The van der Waals surface area contributed by atoms with Crippen molar-refractivity contribution < 1.29 is 24.5 Å². The summed E-state index contributed by atoms with van der Waals surface area (Å²) in [6.07, 6.45) is 77.8. The summed E-state index contributed by atoms with van der Waals surface area (Å²) >= 11 is 0. The molecule has 0 saturated carbocycles. The van der Waals surface area contributed by atoms with Crippen LogP contribution in [0.3, 0.4) is 0 Å². The quantitative estimate of drug-likeness (QED) is 0.0320. The number of esters is 1. The van der Waals surface area contributed by atoms with Gasteiger partial charge in [0.05, 0.1) is 25.4 Å². The van der Waals surface area contributed by atoms with Crippen LogP contribution in [0.5, 0.6) is 0 Å². The number of allylic oxidation sites excluding steroid dienone is 4. The number of ether oxygens (including phenoxy) is 1. The van der Waals surface area contributed by atoms with E-state index in [2.05, 4.69) is 43.5 Å². The van der Waals surface area contributed by atoms with Gasteiger partial charge in [0.1, 0.15) is 0 Å². The highest BCUT2D eigenvalue weighted by atomic mass is 16.5. The van der Waals surface area contributed by atoms with E-state index in [1.165, 1.54) is 289 Å². The Labute approximate surface area is 456 Å². The number of rotatable bonds is 62. The first-order valence-corrected chi connectivity index (χ1v) is 33.1. The molecule has 0 aliphatic carbocycles. The molecular formula is C67H129NO5. The van der Waals surface area contributed by atoms with Crippen LogP contribution < -0.4 is 5.32 Å². The lowest BCUT2D eigenvalue weighted by Gasteiger charge is -2.22. The predicted molar refractivity (Wildman–Crippen MR) is 320 cm³/mol. The fourth-order valence-electron chi connectivity index (χ4n) is 10.4. The number of amides is 1. The Hall–Kier alpha value is -1.66. The van der Waals surface area contributed by atoms with Crippen LogP contribution >= 0.6 is 0 Å². The van der Waals surface area contributed by atoms with Gasteiger partial charge in [-0.3, -0.25) is 9.59 Å². The highest BCUT2D eigenvalue weighted by molar-refractivity contribution is 5.76. The first-order valence-electron chi connectivity index (χ1n) is 33.1. The average molecular weight is 1030 g/mol. The van der Waals surface area contributed by atoms with Crippen molar-refractivity contribution in [2.24, 2.45) is 0 Å². The molecule has 6 nitrogen and oxygen atoms in total. The minimum absolute atomic E-state index is 0.0151. The molecule has 0 spiro atoms. The van der Waals surface area contributed by atoms with Gasteiger partial charge in [0.25, 0.3) is 0 Å². The predicted octanol–water partition coefficient (Wildman–Crippen LogP) is 21.0. The molecule has 432 valence electrons. The second-order valence-corrected chi connectivity index (χ2v) is 22.8. The van der Waals surface area contributed by atoms with E-state index < -0.39 is 12.1 Å². The van der Waals surface area contributed by atoms with Gasteiger partial charge in [0, 0.05) is 12.8 Å². The molecule has 0 radical (unpaired) electrons. The minimum atomic E-state index is -0.665. The molecule has 3 N–H and O–H groups in total. The van der Waals surface area contributed by atoms with Crippen LogP contribution in [0.1, 0.15) is 367 Å². The summed E-state index contributed by atoms with van der Waals surface area (Å²) in [5, 5.41) is 23.2. The van der Waals surface area contributed by atoms with Gasteiger partial charge in [0.2, 0.25) is 5.91 Å². The summed E-state index contributed by atoms with van der Waals surface area (Å²) in [4.78, 5) is 24.5. The Morgan fingerprint density at radius 3 is 1.04 bits per heavy atom. The van der Waals surface area contributed by atoms with E-state index in [0.29, 0.717) is 25.9 Å². The number of aliphatic hydroxyl groups excluding tert-OH is 2. The maximum atomic E-state index is 12.5. The standard InChI is InChI=1S/C67H129NO5/c1-3-5-7-9-11-13-15-17-18-30-34-37-41-45-49-53-57-61-67(72)73-62-58-54-50-46-42-38-35-32-29-27-25-23-21-19-20-22-24-26-28-31-33-36-40-44-48-52-56-60-66(71)68-64(63-69)65(70)59-55-51-47-43-39-16-14-12-10-8-6-4-2/h19-20,23,25,64-65,69-70H,3-18,21-22,24,26-63H2,1-2H3,(H,68,71)/b20-19-,25-23-. The average Bonchev–Trinajstić information content (AvgIpc) is 3.39. The largest absolute Gasteiger partial charge is 0.466 e. The maximum Gasteiger partial charge on any atom is 0.305 e. The van der Waals surface area contributed by atoms with Crippen molar-refractivity contribution in [2.45, 2.75) is 379 Å². The van der Waals surface area contributed by atoms with Crippen LogP contribution in [0.25, 0.3) is 0 Å². The Morgan fingerprint density at radius 2 is 0.685 bits per heavy atom. The molecule has 0 heterocycles. The van der Waals surface area contributed by atoms with Crippen LogP contribution in [0, 0.1) is 0 Å². The van der Waals surface area contributed by atoms with Crippen molar-refractivity contribution in [2.75, 3.05) is 13.2 Å². The smallest absolute Gasteiger partial charge is 0.305 e. The van der Waals surface area contributed by atoms with E-state index in [0.717, 1.165) is 44.9 Å². The molecule has 0 aromatic carbocycles. The van der Waals surface area contributed by atoms with Gasteiger partial charge in [0.15, 0.2) is 0 Å². The molecule has 0 aliphatic heterocycles. The molecule has 1 amide bonds. The van der Waals surface area contributed by atoms with Crippen molar-refractivity contribution >= 4 is 11.9 Å². The molecule has 0 aromatic heterocycles. The summed E-state index contributed by atoms with van der Waals surface area (Å²) in [7, 11) is 0. The summed E-state index contributed by atoms with van der Waals surface area (Å²) in [5.41, 5.74) is 0. The summed E-state index contributed by atoms with van der Waals surface area (Å²) < 4.78 is 5.50. The third-order valence-electron chi connectivity index (χ3n) is 15.5. The Morgan fingerprint density at radius 1 is 0.384 bits per heavy atom. The zero-order chi connectivity index (χ0) is 52.9. The van der Waals surface area contributed by atoms with E-state index in [1.54, 1.807) is 0 Å². The number of unbranched alkanes of at least 4 members (excludes halogenated alkanes) is 47. The monoisotopic (exact) mass is 1030 g/mol. The van der Waals surface area contributed by atoms with Crippen molar-refractivity contribution in [3.63, 3.8) is 0 Å². The fraction of sp³-hybridized carbons (Fsp3) is 0.910. The number of hydrogen-bond donors (Lipinski definition) is 3. The van der Waals surface area contributed by atoms with Crippen molar-refractivity contribution in [3.8, 4) is 0 Å². The van der Waals surface area contributed by atoms with Gasteiger partial charge in [-0.25, -0.2) is 0 Å². The molecule has 0 rings (SSSR count). The highest BCUT2D eigenvalue weighted by Gasteiger charge is 2.20. The molecular weight excluding hydrogens is 899 g/mol. The number of aliphatic hydroxyl groups is 2. The van der Waals surface area contributed by atoms with E-state index in [9.17, 15) is 19.8 Å². The first-order chi connectivity index (χ1) is 36.0. The van der Waals surface area contributed by atoms with Crippen LogP contribution in [0.2, 0.25) is 0 Å². The van der Waals surface area contributed by atoms with E-state index in [1.807, 2.05) is 0 Å². The topological polar surface area (TPSA) is 95.9 Å². The summed E-state index contributed by atoms with van der Waals surface area (Å²) in [6, 6.07) is -0.543. The molecule has 73 heavy (non-hydrogen) atoms. The second kappa shape index (κ2) is 62.9. The molecule has 2 unspecified atom stereocenters. The molecule has 0 fully saturated rings. The zero-order valence-electron chi connectivity index (χ0n) is 49.4. The molecule has 0 aromatic rings. The van der Waals surface area contributed by atoms with Gasteiger partial charge in [-0.05, 0) is 57.8 Å². The van der Waals surface area contributed by atoms with Crippen molar-refractivity contribution in [1.82, 2.24) is 5.32 Å². The Balaban J connectivity index is 3.38. The Bertz CT molecular complexity index is 1140. The molecule has 2 atom stereocenters. The van der Waals surface area contributed by atoms with E-state index in [4.69, 9.17) is 4.74 Å². The fourth-order valence-corrected chi connectivity index (χ4v) is 10.4. The van der Waals surface area contributed by atoms with Crippen molar-refractivity contribution in [1.29, 1.82) is 0 Å². The van der Waals surface area contributed by atoms with Crippen LogP contribution in [0.15, 0.2) is 24.3 Å². The third kappa shape index (κ3) is 59.4. The van der Waals surface area contributed by atoms with Gasteiger partial charge >= 0.3 is 5.97 Å². The SMILES string of the molecule is CCCCCCCCCCCCCCCCCCCC(=O)OCCCCCCCCCCC/C=C\C/C=C\CCCCCCCCCCCCCC(=O)NC(CO)C(O)CCCCCCCCCCCCCC. The number of carbonyl (C=O) groups is 2. The van der Waals surface area contributed by atoms with E-state index in [-0.39, 0.29) is 18.5 Å². The van der Waals surface area contributed by atoms with Crippen LogP contribution in [-0.2, 0) is 14.3 Å². The van der Waals surface area contributed by atoms with E-state index >= 15 is 0 Å². The third-order valence-corrected chi connectivity index (χ3v) is 15.5. The lowest BCUT2D eigenvalue weighted by molar-refractivity contribution is -0.143. The molecule has 0 aliphatic rings. The minimum Gasteiger partial charge on any atom is -0.466 e. The first kappa shape index (κ1) is 71.3. The van der Waals surface area contributed by atoms with Crippen LogP contribution in [0.4, 0.5) is 0 Å². The van der Waals surface area contributed by atoms with Gasteiger partial charge in [-0.15, -0.1) is 0 Å². The number of hydrogen-bond acceptors (Lipinski definition) is 5. The highest BCUT2D eigenvalue weighted by Crippen LogP contribution is 2.18. The van der Waals surface area contributed by atoms with Gasteiger partial charge in [-0.1, -0.05) is 321 Å². The number of carbonyl (C=O) groups excluding carboxylic acids is 2.